The van der Waals surface area contributed by atoms with Crippen molar-refractivity contribution in [1.82, 2.24) is 19.9 Å². The third kappa shape index (κ3) is 2.91. The first-order valence-electron chi connectivity index (χ1n) is 5.69. The normalized spacial score (nSPS) is 10.2. The summed E-state index contributed by atoms with van der Waals surface area (Å²) in [6, 6.07) is 5.80. The molecule has 94 valence electrons. The van der Waals surface area contributed by atoms with Crippen LogP contribution in [0.3, 0.4) is 0 Å². The van der Waals surface area contributed by atoms with Gasteiger partial charge in [0.1, 0.15) is 5.82 Å². The summed E-state index contributed by atoms with van der Waals surface area (Å²) in [5.74, 6) is 1.91. The number of aromatic nitrogens is 4. The fraction of sp³-hybridized carbons (Fsp3) is 0.333. The van der Waals surface area contributed by atoms with Crippen LogP contribution in [0.1, 0.15) is 11.5 Å². The second kappa shape index (κ2) is 5.39. The van der Waals surface area contributed by atoms with Gasteiger partial charge in [0.2, 0.25) is 11.9 Å². The van der Waals surface area contributed by atoms with Crippen molar-refractivity contribution in [2.24, 2.45) is 0 Å². The van der Waals surface area contributed by atoms with E-state index in [9.17, 15) is 0 Å². The van der Waals surface area contributed by atoms with E-state index in [0.29, 0.717) is 24.1 Å². The van der Waals surface area contributed by atoms with E-state index < -0.39 is 0 Å². The molecule has 0 aliphatic heterocycles. The Balaban J connectivity index is 2.30. The third-order valence-corrected chi connectivity index (χ3v) is 2.36. The Morgan fingerprint density at radius 3 is 2.61 bits per heavy atom. The molecule has 0 unspecified atom stereocenters. The van der Waals surface area contributed by atoms with Gasteiger partial charge in [-0.2, -0.15) is 15.0 Å². The first kappa shape index (κ1) is 12.2. The molecule has 0 atom stereocenters. The molecule has 0 saturated heterocycles. The number of nitrogens with one attached hydrogen (secondary N) is 1. The standard InChI is InChI=1S/C12H16N6/c1-13-11-15-10(16-12(17-11)18(2)3)8-9-6-4-5-7-14-9/h4-7H,8H2,1-3H3,(H,13,15,16,17). The van der Waals surface area contributed by atoms with Gasteiger partial charge in [0.05, 0.1) is 6.42 Å². The molecule has 0 aliphatic carbocycles. The van der Waals surface area contributed by atoms with E-state index in [4.69, 9.17) is 0 Å². The van der Waals surface area contributed by atoms with Gasteiger partial charge in [0.15, 0.2) is 0 Å². The van der Waals surface area contributed by atoms with Gasteiger partial charge in [-0.25, -0.2) is 0 Å². The molecule has 0 amide bonds. The lowest BCUT2D eigenvalue weighted by Crippen LogP contribution is -2.16. The van der Waals surface area contributed by atoms with Crippen LogP contribution < -0.4 is 10.2 Å². The molecule has 18 heavy (non-hydrogen) atoms. The van der Waals surface area contributed by atoms with Crippen molar-refractivity contribution in [3.05, 3.63) is 35.9 Å². The summed E-state index contributed by atoms with van der Waals surface area (Å²) in [6.45, 7) is 0. The zero-order chi connectivity index (χ0) is 13.0. The van der Waals surface area contributed by atoms with E-state index in [1.807, 2.05) is 37.2 Å². The lowest BCUT2D eigenvalue weighted by atomic mass is 10.2. The fourth-order valence-corrected chi connectivity index (χ4v) is 1.46. The van der Waals surface area contributed by atoms with Crippen LogP contribution in [0, 0.1) is 0 Å². The minimum Gasteiger partial charge on any atom is -0.357 e. The fourth-order valence-electron chi connectivity index (χ4n) is 1.46. The molecule has 0 radical (unpaired) electrons. The highest BCUT2D eigenvalue weighted by atomic mass is 15.3. The maximum absolute atomic E-state index is 4.40. The number of anilines is 2. The molecule has 1 N–H and O–H groups in total. The number of hydrogen-bond acceptors (Lipinski definition) is 6. The van der Waals surface area contributed by atoms with Gasteiger partial charge in [-0.05, 0) is 12.1 Å². The monoisotopic (exact) mass is 244 g/mol. The Morgan fingerprint density at radius 2 is 2.00 bits per heavy atom. The molecule has 2 aromatic rings. The smallest absolute Gasteiger partial charge is 0.229 e. The average molecular weight is 244 g/mol. The average Bonchev–Trinajstić information content (AvgIpc) is 2.39. The van der Waals surface area contributed by atoms with Gasteiger partial charge in [0.25, 0.3) is 0 Å². The maximum Gasteiger partial charge on any atom is 0.229 e. The Hall–Kier alpha value is -2.24. The van der Waals surface area contributed by atoms with E-state index in [1.165, 1.54) is 0 Å². The summed E-state index contributed by atoms with van der Waals surface area (Å²) in [5, 5.41) is 2.94. The quantitative estimate of drug-likeness (QED) is 0.864. The zero-order valence-electron chi connectivity index (χ0n) is 10.8. The molecule has 0 aromatic carbocycles. The molecule has 0 aliphatic rings. The maximum atomic E-state index is 4.40. The van der Waals surface area contributed by atoms with Gasteiger partial charge in [-0.3, -0.25) is 4.98 Å². The van der Waals surface area contributed by atoms with Crippen molar-refractivity contribution in [2.45, 2.75) is 6.42 Å². The summed E-state index contributed by atoms with van der Waals surface area (Å²) >= 11 is 0. The van der Waals surface area contributed by atoms with Crippen molar-refractivity contribution in [1.29, 1.82) is 0 Å². The van der Waals surface area contributed by atoms with Gasteiger partial charge in [0, 0.05) is 33.0 Å². The summed E-state index contributed by atoms with van der Waals surface area (Å²) in [7, 11) is 5.60. The summed E-state index contributed by atoms with van der Waals surface area (Å²) in [4.78, 5) is 19.1. The van der Waals surface area contributed by atoms with Crippen LogP contribution in [0.2, 0.25) is 0 Å². The Bertz CT molecular complexity index is 511. The largest absolute Gasteiger partial charge is 0.357 e. The summed E-state index contributed by atoms with van der Waals surface area (Å²) in [5.41, 5.74) is 0.940. The van der Waals surface area contributed by atoms with Crippen molar-refractivity contribution in [2.75, 3.05) is 31.4 Å². The van der Waals surface area contributed by atoms with Gasteiger partial charge >= 0.3 is 0 Å². The van der Waals surface area contributed by atoms with Crippen LogP contribution >= 0.6 is 0 Å². The molecule has 0 fully saturated rings. The highest BCUT2D eigenvalue weighted by molar-refractivity contribution is 5.35. The Kier molecular flexibility index (Phi) is 3.66. The molecule has 2 heterocycles. The molecule has 0 bridgehead atoms. The summed E-state index contributed by atoms with van der Waals surface area (Å²) < 4.78 is 0. The summed E-state index contributed by atoms with van der Waals surface area (Å²) in [6.07, 6.45) is 2.36. The molecular weight excluding hydrogens is 228 g/mol. The molecule has 6 heteroatoms. The SMILES string of the molecule is CNc1nc(Cc2ccccn2)nc(N(C)C)n1. The second-order valence-electron chi connectivity index (χ2n) is 4.02. The van der Waals surface area contributed by atoms with Crippen LogP contribution in [0.25, 0.3) is 0 Å². The zero-order valence-corrected chi connectivity index (χ0v) is 10.8. The Morgan fingerprint density at radius 1 is 1.17 bits per heavy atom. The van der Waals surface area contributed by atoms with Crippen LogP contribution in [-0.4, -0.2) is 41.1 Å². The number of nitrogens with zero attached hydrogens (tertiary/aromatic N) is 5. The molecule has 2 rings (SSSR count). The lowest BCUT2D eigenvalue weighted by molar-refractivity contribution is 0.873. The van der Waals surface area contributed by atoms with Crippen molar-refractivity contribution in [3.8, 4) is 0 Å². The first-order valence-corrected chi connectivity index (χ1v) is 5.69. The predicted octanol–water partition coefficient (Wildman–Crippen LogP) is 0.965. The predicted molar refractivity (Wildman–Crippen MR) is 70.7 cm³/mol. The van der Waals surface area contributed by atoms with Crippen LogP contribution in [0.15, 0.2) is 24.4 Å². The van der Waals surface area contributed by atoms with E-state index in [-0.39, 0.29) is 0 Å². The van der Waals surface area contributed by atoms with Crippen molar-refractivity contribution >= 4 is 11.9 Å². The minimum absolute atomic E-state index is 0.569. The number of hydrogen-bond donors (Lipinski definition) is 1. The van der Waals surface area contributed by atoms with Crippen LogP contribution in [0.5, 0.6) is 0 Å². The van der Waals surface area contributed by atoms with Gasteiger partial charge < -0.3 is 10.2 Å². The van der Waals surface area contributed by atoms with E-state index in [1.54, 1.807) is 13.2 Å². The highest BCUT2D eigenvalue weighted by Crippen LogP contribution is 2.10. The van der Waals surface area contributed by atoms with Crippen LogP contribution in [-0.2, 0) is 6.42 Å². The first-order chi connectivity index (χ1) is 8.69. The molecule has 0 spiro atoms. The molecule has 2 aromatic heterocycles. The van der Waals surface area contributed by atoms with Crippen molar-refractivity contribution in [3.63, 3.8) is 0 Å². The topological polar surface area (TPSA) is 66.8 Å². The van der Waals surface area contributed by atoms with Crippen LogP contribution in [0.4, 0.5) is 11.9 Å². The van der Waals surface area contributed by atoms with Gasteiger partial charge in [-0.15, -0.1) is 0 Å². The highest BCUT2D eigenvalue weighted by Gasteiger charge is 2.08. The molecule has 0 saturated carbocycles. The minimum atomic E-state index is 0.569. The van der Waals surface area contributed by atoms with E-state index in [2.05, 4.69) is 25.3 Å². The van der Waals surface area contributed by atoms with E-state index in [0.717, 1.165) is 5.69 Å². The van der Waals surface area contributed by atoms with E-state index >= 15 is 0 Å². The van der Waals surface area contributed by atoms with Gasteiger partial charge in [-0.1, -0.05) is 6.07 Å². The Labute approximate surface area is 106 Å². The number of pyridine rings is 1. The molecular formula is C12H16N6. The third-order valence-electron chi connectivity index (χ3n) is 2.36. The van der Waals surface area contributed by atoms with Crippen molar-refractivity contribution < 1.29 is 0 Å². The number of rotatable bonds is 4. The lowest BCUT2D eigenvalue weighted by Gasteiger charge is -2.12. The molecule has 6 nitrogen and oxygen atoms in total. The second-order valence-corrected chi connectivity index (χ2v) is 4.02.